The van der Waals surface area contributed by atoms with Crippen LogP contribution in [0.25, 0.3) is 0 Å². The Morgan fingerprint density at radius 3 is 2.56 bits per heavy atom. The Morgan fingerprint density at radius 2 is 1.75 bits per heavy atom. The minimum atomic E-state index is -0.0766. The standard InChI is InChI=1S/C26H30BrN7O2/c27-22-18-30-25(31-20-10-6-11-21(17-20)32-26(36)34-14-4-5-15-34)33-24(22)29-13-7-12-28-23(35)16-19-8-2-1-3-9-19/h1-3,6,8-11,17-18H,4-5,7,12-16H2,(H,28,35)(H,32,36)(H2,29,30,31,33). The van der Waals surface area contributed by atoms with E-state index >= 15 is 0 Å². The third-order valence-corrected chi connectivity index (χ3v) is 6.26. The van der Waals surface area contributed by atoms with Crippen molar-refractivity contribution < 1.29 is 9.59 Å². The summed E-state index contributed by atoms with van der Waals surface area (Å²) in [5.41, 5.74) is 2.47. The van der Waals surface area contributed by atoms with Crippen molar-refractivity contribution >= 4 is 51.0 Å². The third kappa shape index (κ3) is 7.67. The average Bonchev–Trinajstić information content (AvgIpc) is 3.42. The van der Waals surface area contributed by atoms with Crippen molar-refractivity contribution in [2.75, 3.05) is 42.1 Å². The molecule has 4 rings (SSSR count). The molecule has 3 amide bonds. The van der Waals surface area contributed by atoms with Gasteiger partial charge in [0, 0.05) is 43.8 Å². The van der Waals surface area contributed by atoms with Crippen molar-refractivity contribution in [3.63, 3.8) is 0 Å². The lowest BCUT2D eigenvalue weighted by atomic mass is 10.1. The zero-order chi connectivity index (χ0) is 25.2. The summed E-state index contributed by atoms with van der Waals surface area (Å²) in [5, 5.41) is 12.4. The molecule has 188 valence electrons. The third-order valence-electron chi connectivity index (χ3n) is 5.68. The molecule has 1 saturated heterocycles. The Balaban J connectivity index is 1.24. The predicted molar refractivity (Wildman–Crippen MR) is 146 cm³/mol. The maximum Gasteiger partial charge on any atom is 0.321 e. The van der Waals surface area contributed by atoms with Gasteiger partial charge < -0.3 is 26.2 Å². The molecule has 1 aromatic heterocycles. The van der Waals surface area contributed by atoms with Gasteiger partial charge in [-0.15, -0.1) is 0 Å². The SMILES string of the molecule is O=C(Cc1ccccc1)NCCCNc1nc(Nc2cccc(NC(=O)N3CCCC3)c2)ncc1Br. The molecular formula is C26H30BrN7O2. The summed E-state index contributed by atoms with van der Waals surface area (Å²) in [6, 6.07) is 17.1. The zero-order valence-corrected chi connectivity index (χ0v) is 21.6. The van der Waals surface area contributed by atoms with E-state index in [1.807, 2.05) is 59.5 Å². The van der Waals surface area contributed by atoms with Gasteiger partial charge in [0.1, 0.15) is 5.82 Å². The number of halogens is 1. The fourth-order valence-electron chi connectivity index (χ4n) is 3.84. The number of nitrogens with one attached hydrogen (secondary N) is 4. The van der Waals surface area contributed by atoms with Crippen LogP contribution in [-0.4, -0.2) is 53.0 Å². The van der Waals surface area contributed by atoms with E-state index in [-0.39, 0.29) is 11.9 Å². The van der Waals surface area contributed by atoms with Gasteiger partial charge in [0.15, 0.2) is 0 Å². The lowest BCUT2D eigenvalue weighted by Gasteiger charge is -2.16. The van der Waals surface area contributed by atoms with E-state index in [9.17, 15) is 9.59 Å². The average molecular weight is 552 g/mol. The predicted octanol–water partition coefficient (Wildman–Crippen LogP) is 4.77. The minimum Gasteiger partial charge on any atom is -0.369 e. The summed E-state index contributed by atoms with van der Waals surface area (Å²) in [6.07, 6.45) is 4.91. The highest BCUT2D eigenvalue weighted by atomic mass is 79.9. The number of urea groups is 1. The molecule has 0 bridgehead atoms. The first kappa shape index (κ1) is 25.4. The fraction of sp³-hybridized carbons (Fsp3) is 0.308. The Morgan fingerprint density at radius 1 is 0.972 bits per heavy atom. The Labute approximate surface area is 219 Å². The molecule has 36 heavy (non-hydrogen) atoms. The Hall–Kier alpha value is -3.66. The van der Waals surface area contributed by atoms with Crippen molar-refractivity contribution in [1.29, 1.82) is 0 Å². The van der Waals surface area contributed by atoms with Crippen molar-refractivity contribution in [2.45, 2.75) is 25.7 Å². The molecule has 1 aliphatic heterocycles. The monoisotopic (exact) mass is 551 g/mol. The summed E-state index contributed by atoms with van der Waals surface area (Å²) in [6.45, 7) is 2.81. The highest BCUT2D eigenvalue weighted by molar-refractivity contribution is 9.10. The van der Waals surface area contributed by atoms with Crippen LogP contribution in [-0.2, 0) is 11.2 Å². The molecule has 3 aromatic rings. The number of nitrogens with zero attached hydrogens (tertiary/aromatic N) is 3. The molecule has 4 N–H and O–H groups in total. The molecule has 0 atom stereocenters. The van der Waals surface area contributed by atoms with Gasteiger partial charge in [-0.1, -0.05) is 36.4 Å². The number of hydrogen-bond donors (Lipinski definition) is 4. The second-order valence-electron chi connectivity index (χ2n) is 8.51. The van der Waals surface area contributed by atoms with Gasteiger partial charge >= 0.3 is 6.03 Å². The highest BCUT2D eigenvalue weighted by Gasteiger charge is 2.17. The van der Waals surface area contributed by atoms with E-state index in [4.69, 9.17) is 0 Å². The molecule has 0 saturated carbocycles. The number of rotatable bonds is 10. The molecule has 1 fully saturated rings. The second-order valence-corrected chi connectivity index (χ2v) is 9.37. The van der Waals surface area contributed by atoms with E-state index in [1.165, 1.54) is 0 Å². The quantitative estimate of drug-likeness (QED) is 0.270. The minimum absolute atomic E-state index is 0.00903. The first-order valence-electron chi connectivity index (χ1n) is 12.1. The molecule has 0 spiro atoms. The first-order chi connectivity index (χ1) is 17.6. The number of aromatic nitrogens is 2. The van der Waals surface area contributed by atoms with E-state index in [1.54, 1.807) is 6.20 Å². The molecule has 10 heteroatoms. The molecular weight excluding hydrogens is 522 g/mol. The van der Waals surface area contributed by atoms with Crippen LogP contribution in [0.4, 0.5) is 27.9 Å². The van der Waals surface area contributed by atoms with Gasteiger partial charge in [0.25, 0.3) is 0 Å². The zero-order valence-electron chi connectivity index (χ0n) is 20.0. The van der Waals surface area contributed by atoms with E-state index < -0.39 is 0 Å². The van der Waals surface area contributed by atoms with Crippen molar-refractivity contribution in [1.82, 2.24) is 20.2 Å². The Bertz CT molecular complexity index is 1170. The van der Waals surface area contributed by atoms with Crippen molar-refractivity contribution in [2.24, 2.45) is 0 Å². The molecule has 2 aromatic carbocycles. The summed E-state index contributed by atoms with van der Waals surface area (Å²) < 4.78 is 0.743. The number of hydrogen-bond acceptors (Lipinski definition) is 6. The number of anilines is 4. The van der Waals surface area contributed by atoms with E-state index in [0.717, 1.165) is 48.1 Å². The molecule has 0 aliphatic carbocycles. The van der Waals surface area contributed by atoms with Crippen LogP contribution >= 0.6 is 15.9 Å². The van der Waals surface area contributed by atoms with Crippen molar-refractivity contribution in [3.05, 3.63) is 70.8 Å². The fourth-order valence-corrected chi connectivity index (χ4v) is 4.18. The topological polar surface area (TPSA) is 111 Å². The number of benzene rings is 2. The van der Waals surface area contributed by atoms with Crippen LogP contribution in [0, 0.1) is 0 Å². The molecule has 0 unspecified atom stereocenters. The maximum absolute atomic E-state index is 12.4. The summed E-state index contributed by atoms with van der Waals surface area (Å²) in [7, 11) is 0. The van der Waals surface area contributed by atoms with Crippen LogP contribution < -0.4 is 21.3 Å². The van der Waals surface area contributed by atoms with Gasteiger partial charge in [-0.2, -0.15) is 4.98 Å². The Kier molecular flexibility index (Phi) is 9.09. The molecule has 1 aliphatic rings. The largest absolute Gasteiger partial charge is 0.369 e. The van der Waals surface area contributed by atoms with Gasteiger partial charge in [-0.3, -0.25) is 4.79 Å². The highest BCUT2D eigenvalue weighted by Crippen LogP contribution is 2.23. The number of carbonyl (C=O) groups excluding carboxylic acids is 2. The van der Waals surface area contributed by atoms with Crippen LogP contribution in [0.15, 0.2) is 65.3 Å². The second kappa shape index (κ2) is 12.9. The summed E-state index contributed by atoms with van der Waals surface area (Å²) in [4.78, 5) is 35.1. The van der Waals surface area contributed by atoms with Crippen LogP contribution in [0.5, 0.6) is 0 Å². The van der Waals surface area contributed by atoms with Crippen LogP contribution in [0.2, 0.25) is 0 Å². The normalized spacial score (nSPS) is 12.8. The van der Waals surface area contributed by atoms with Crippen LogP contribution in [0.3, 0.4) is 0 Å². The van der Waals surface area contributed by atoms with Crippen LogP contribution in [0.1, 0.15) is 24.8 Å². The molecule has 0 radical (unpaired) electrons. The molecule has 9 nitrogen and oxygen atoms in total. The van der Waals surface area contributed by atoms with Gasteiger partial charge in [-0.05, 0) is 59.0 Å². The summed E-state index contributed by atoms with van der Waals surface area (Å²) >= 11 is 3.48. The maximum atomic E-state index is 12.4. The van der Waals surface area contributed by atoms with Gasteiger partial charge in [0.05, 0.1) is 10.9 Å². The summed E-state index contributed by atoms with van der Waals surface area (Å²) in [5.74, 6) is 1.09. The lowest BCUT2D eigenvalue weighted by Crippen LogP contribution is -2.32. The van der Waals surface area contributed by atoms with Gasteiger partial charge in [-0.25, -0.2) is 9.78 Å². The van der Waals surface area contributed by atoms with Crippen molar-refractivity contribution in [3.8, 4) is 0 Å². The van der Waals surface area contributed by atoms with E-state index in [2.05, 4.69) is 47.2 Å². The number of likely N-dealkylation sites (tertiary alicyclic amines) is 1. The van der Waals surface area contributed by atoms with Gasteiger partial charge in [0.2, 0.25) is 11.9 Å². The smallest absolute Gasteiger partial charge is 0.321 e. The van der Waals surface area contributed by atoms with E-state index in [0.29, 0.717) is 37.0 Å². The first-order valence-corrected chi connectivity index (χ1v) is 12.9. The number of carbonyl (C=O) groups is 2. The molecule has 2 heterocycles. The number of amides is 3. The lowest BCUT2D eigenvalue weighted by molar-refractivity contribution is -0.120.